The molecule has 7 heteroatoms. The molecule has 1 amide bonds. The van der Waals surface area contributed by atoms with Crippen molar-refractivity contribution in [3.63, 3.8) is 0 Å². The van der Waals surface area contributed by atoms with E-state index in [0.717, 1.165) is 31.8 Å². The molecular weight excluding hydrogens is 318 g/mol. The Morgan fingerprint density at radius 2 is 2.20 bits per heavy atom. The van der Waals surface area contributed by atoms with Gasteiger partial charge in [-0.25, -0.2) is 4.98 Å². The minimum atomic E-state index is -0.365. The van der Waals surface area contributed by atoms with Crippen molar-refractivity contribution in [3.05, 3.63) is 48.3 Å². The number of nitrogens with zero attached hydrogens (tertiary/aromatic N) is 4. The van der Waals surface area contributed by atoms with Crippen molar-refractivity contribution in [1.29, 1.82) is 0 Å². The lowest BCUT2D eigenvalue weighted by Crippen LogP contribution is -2.36. The number of imidazole rings is 1. The van der Waals surface area contributed by atoms with Crippen molar-refractivity contribution in [1.82, 2.24) is 24.8 Å². The van der Waals surface area contributed by atoms with E-state index in [1.54, 1.807) is 6.20 Å². The summed E-state index contributed by atoms with van der Waals surface area (Å²) in [5.74, 6) is 0.798. The zero-order valence-electron chi connectivity index (χ0n) is 14.3. The number of hydrogen-bond donors (Lipinski definition) is 1. The maximum absolute atomic E-state index is 12.4. The normalized spacial score (nSPS) is 25.9. The van der Waals surface area contributed by atoms with Crippen LogP contribution < -0.4 is 5.32 Å². The summed E-state index contributed by atoms with van der Waals surface area (Å²) in [5.41, 5.74) is 1.25. The van der Waals surface area contributed by atoms with Crippen LogP contribution in [-0.2, 0) is 29.7 Å². The molecule has 0 radical (unpaired) electrons. The van der Waals surface area contributed by atoms with Gasteiger partial charge in [0.05, 0.1) is 12.6 Å². The highest BCUT2D eigenvalue weighted by Crippen LogP contribution is 2.33. The summed E-state index contributed by atoms with van der Waals surface area (Å²) in [6.45, 7) is 2.33. The average molecular weight is 341 g/mol. The average Bonchev–Trinajstić information content (AvgIpc) is 3.31. The Balaban J connectivity index is 1.33. The zero-order valence-corrected chi connectivity index (χ0v) is 14.3. The molecule has 4 rings (SSSR count). The molecule has 4 heterocycles. The predicted octanol–water partition coefficient (Wildman–Crippen LogP) is 0.863. The fraction of sp³-hybridized carbons (Fsp3) is 0.500. The van der Waals surface area contributed by atoms with E-state index in [4.69, 9.17) is 4.74 Å². The second kappa shape index (κ2) is 6.93. The Bertz CT molecular complexity index is 732. The number of nitrogens with one attached hydrogen (secondary N) is 1. The van der Waals surface area contributed by atoms with Gasteiger partial charge in [0.2, 0.25) is 5.91 Å². The van der Waals surface area contributed by atoms with Crippen LogP contribution >= 0.6 is 0 Å². The van der Waals surface area contributed by atoms with E-state index in [2.05, 4.69) is 20.2 Å². The van der Waals surface area contributed by atoms with Crippen molar-refractivity contribution < 1.29 is 9.53 Å². The van der Waals surface area contributed by atoms with Crippen LogP contribution in [0.3, 0.4) is 0 Å². The highest BCUT2D eigenvalue weighted by Gasteiger charge is 2.45. The van der Waals surface area contributed by atoms with Crippen molar-refractivity contribution >= 4 is 5.91 Å². The number of hydrogen-bond acceptors (Lipinski definition) is 5. The van der Waals surface area contributed by atoms with Crippen LogP contribution in [0.1, 0.15) is 24.2 Å². The fourth-order valence-electron chi connectivity index (χ4n) is 3.77. The third-order valence-electron chi connectivity index (χ3n) is 5.16. The first-order chi connectivity index (χ1) is 12.2. The third-order valence-corrected chi connectivity index (χ3v) is 5.16. The molecule has 1 N–H and O–H groups in total. The van der Waals surface area contributed by atoms with Crippen LogP contribution in [0.25, 0.3) is 0 Å². The van der Waals surface area contributed by atoms with E-state index < -0.39 is 0 Å². The van der Waals surface area contributed by atoms with Crippen LogP contribution in [0.4, 0.5) is 0 Å². The third kappa shape index (κ3) is 3.43. The number of carbonyl (C=O) groups excluding carboxylic acids is 1. The molecule has 2 aliphatic heterocycles. The number of carbonyl (C=O) groups is 1. The molecule has 0 spiro atoms. The largest absolute Gasteiger partial charge is 0.363 e. The summed E-state index contributed by atoms with van der Waals surface area (Å²) < 4.78 is 7.93. The second-order valence-corrected chi connectivity index (χ2v) is 6.75. The number of likely N-dealkylation sites (tertiary alicyclic amines) is 1. The maximum atomic E-state index is 12.4. The molecular formula is C18H23N5O2. The van der Waals surface area contributed by atoms with E-state index in [0.29, 0.717) is 12.6 Å². The van der Waals surface area contributed by atoms with Gasteiger partial charge in [0, 0.05) is 57.4 Å². The number of pyridine rings is 1. The second-order valence-electron chi connectivity index (χ2n) is 6.75. The molecule has 25 heavy (non-hydrogen) atoms. The van der Waals surface area contributed by atoms with Gasteiger partial charge in [0.1, 0.15) is 11.9 Å². The Morgan fingerprint density at radius 1 is 1.36 bits per heavy atom. The number of ether oxygens (including phenoxy) is 1. The molecule has 0 unspecified atom stereocenters. The molecule has 2 aromatic heterocycles. The van der Waals surface area contributed by atoms with Crippen molar-refractivity contribution in [2.45, 2.75) is 44.2 Å². The van der Waals surface area contributed by atoms with Gasteiger partial charge in [-0.2, -0.15) is 0 Å². The molecule has 2 saturated heterocycles. The summed E-state index contributed by atoms with van der Waals surface area (Å²) in [5, 5.41) is 2.95. The van der Waals surface area contributed by atoms with E-state index in [-0.39, 0.29) is 18.1 Å². The minimum Gasteiger partial charge on any atom is -0.363 e. The molecule has 0 aliphatic carbocycles. The van der Waals surface area contributed by atoms with E-state index in [9.17, 15) is 4.79 Å². The summed E-state index contributed by atoms with van der Waals surface area (Å²) >= 11 is 0. The van der Waals surface area contributed by atoms with Gasteiger partial charge in [0.15, 0.2) is 0 Å². The first-order valence-electron chi connectivity index (χ1n) is 8.73. The maximum Gasteiger partial charge on any atom is 0.249 e. The van der Waals surface area contributed by atoms with Crippen LogP contribution in [0, 0.1) is 0 Å². The quantitative estimate of drug-likeness (QED) is 0.873. The van der Waals surface area contributed by atoms with Crippen LogP contribution in [-0.4, -0.2) is 50.1 Å². The first kappa shape index (κ1) is 16.2. The Labute approximate surface area is 147 Å². The predicted molar refractivity (Wildman–Crippen MR) is 91.4 cm³/mol. The molecule has 3 atom stereocenters. The Morgan fingerprint density at radius 3 is 2.96 bits per heavy atom. The molecule has 2 aromatic rings. The number of aromatic nitrogens is 3. The SMILES string of the molecule is Cn1ccnc1CNC(=O)[C@@H]1C[C@@H]2[C@@H](CCN2Cc2ccncc2)O1. The van der Waals surface area contributed by atoms with Crippen molar-refractivity contribution in [2.75, 3.05) is 6.54 Å². The summed E-state index contributed by atoms with van der Waals surface area (Å²) in [7, 11) is 1.92. The highest BCUT2D eigenvalue weighted by molar-refractivity contribution is 5.81. The van der Waals surface area contributed by atoms with Crippen molar-refractivity contribution in [2.24, 2.45) is 7.05 Å². The molecule has 2 aliphatic rings. The smallest absolute Gasteiger partial charge is 0.249 e. The molecule has 0 saturated carbocycles. The molecule has 0 aromatic carbocycles. The van der Waals surface area contributed by atoms with Gasteiger partial charge in [0.25, 0.3) is 0 Å². The summed E-state index contributed by atoms with van der Waals surface area (Å²) in [4.78, 5) is 23.2. The molecule has 132 valence electrons. The number of aryl methyl sites for hydroxylation is 1. The lowest BCUT2D eigenvalue weighted by atomic mass is 10.1. The van der Waals surface area contributed by atoms with Gasteiger partial charge >= 0.3 is 0 Å². The monoisotopic (exact) mass is 341 g/mol. The first-order valence-corrected chi connectivity index (χ1v) is 8.73. The van der Waals surface area contributed by atoms with Gasteiger partial charge in [-0.1, -0.05) is 0 Å². The summed E-state index contributed by atoms with van der Waals surface area (Å²) in [6, 6.07) is 4.40. The molecule has 2 fully saturated rings. The van der Waals surface area contributed by atoms with Gasteiger partial charge < -0.3 is 14.6 Å². The minimum absolute atomic E-state index is 0.0405. The van der Waals surface area contributed by atoms with E-state index in [1.165, 1.54) is 5.56 Å². The standard InChI is InChI=1S/C18H23N5O2/c1-22-9-7-20-17(22)11-21-18(24)16-10-14-15(25-16)4-8-23(14)12-13-2-5-19-6-3-13/h2-3,5-7,9,14-16H,4,8,10-12H2,1H3,(H,21,24)/t14-,15-,16+/m1/s1. The number of amides is 1. The molecule has 7 nitrogen and oxygen atoms in total. The zero-order chi connectivity index (χ0) is 17.2. The topological polar surface area (TPSA) is 72.3 Å². The van der Waals surface area contributed by atoms with Gasteiger partial charge in [-0.3, -0.25) is 14.7 Å². The van der Waals surface area contributed by atoms with Gasteiger partial charge in [-0.05, 0) is 24.1 Å². The summed E-state index contributed by atoms with van der Waals surface area (Å²) in [6.07, 6.45) is 8.77. The molecule has 0 bridgehead atoms. The highest BCUT2D eigenvalue weighted by atomic mass is 16.5. The van der Waals surface area contributed by atoms with Gasteiger partial charge in [-0.15, -0.1) is 0 Å². The lowest BCUT2D eigenvalue weighted by Gasteiger charge is -2.22. The number of fused-ring (bicyclic) bond motifs is 1. The fourth-order valence-corrected chi connectivity index (χ4v) is 3.77. The van der Waals surface area contributed by atoms with Crippen LogP contribution in [0.2, 0.25) is 0 Å². The van der Waals surface area contributed by atoms with E-state index in [1.807, 2.05) is 42.3 Å². The Kier molecular flexibility index (Phi) is 4.50. The van der Waals surface area contributed by atoms with Crippen molar-refractivity contribution in [3.8, 4) is 0 Å². The van der Waals surface area contributed by atoms with Crippen LogP contribution in [0.5, 0.6) is 0 Å². The number of rotatable bonds is 5. The van der Waals surface area contributed by atoms with Crippen LogP contribution in [0.15, 0.2) is 36.9 Å². The van der Waals surface area contributed by atoms with E-state index >= 15 is 0 Å². The lowest BCUT2D eigenvalue weighted by molar-refractivity contribution is -0.132. The Hall–Kier alpha value is -2.25.